The Balaban J connectivity index is 1.59. The van der Waals surface area contributed by atoms with Gasteiger partial charge in [0.1, 0.15) is 17.3 Å². The summed E-state index contributed by atoms with van der Waals surface area (Å²) >= 11 is 1.49. The van der Waals surface area contributed by atoms with E-state index in [1.54, 1.807) is 30.3 Å². The Morgan fingerprint density at radius 1 is 1.38 bits per heavy atom. The molecule has 3 aromatic rings. The average molecular weight is 343 g/mol. The van der Waals surface area contributed by atoms with Crippen molar-refractivity contribution in [3.63, 3.8) is 0 Å². The molecule has 0 saturated carbocycles. The molecule has 1 N–H and O–H groups in total. The van der Waals surface area contributed by atoms with Gasteiger partial charge in [0.15, 0.2) is 0 Å². The van der Waals surface area contributed by atoms with Crippen molar-refractivity contribution in [1.82, 2.24) is 10.4 Å². The smallest absolute Gasteiger partial charge is 0.246 e. The van der Waals surface area contributed by atoms with Crippen LogP contribution in [0.4, 0.5) is 4.39 Å². The Kier molecular flexibility index (Phi) is 4.81. The van der Waals surface area contributed by atoms with Crippen molar-refractivity contribution in [2.75, 3.05) is 0 Å². The second kappa shape index (κ2) is 7.18. The number of furan rings is 1. The summed E-state index contributed by atoms with van der Waals surface area (Å²) in [6.45, 7) is 1.88. The number of amides is 1. The van der Waals surface area contributed by atoms with Crippen LogP contribution in [0.3, 0.4) is 0 Å². The number of rotatable bonds is 5. The summed E-state index contributed by atoms with van der Waals surface area (Å²) < 4.78 is 19.2. The number of hydrogen-bond donors (Lipinski definition) is 1. The lowest BCUT2D eigenvalue weighted by Crippen LogP contribution is -2.19. The quantitative estimate of drug-likeness (QED) is 0.569. The molecule has 3 rings (SSSR count). The first-order valence-electron chi connectivity index (χ1n) is 7.19. The standard InChI is InChI=1S/C17H14FN3O2S/c1-11-20-12(10-24-11)8-17(22)21-19-9-13-6-7-16(23-13)14-4-2-3-5-15(14)18/h2-7,9-10H,8H2,1H3,(H,21,22)/b19-9-. The minimum atomic E-state index is -0.359. The molecule has 24 heavy (non-hydrogen) atoms. The van der Waals surface area contributed by atoms with E-state index in [1.165, 1.54) is 23.6 Å². The Bertz CT molecular complexity index is 885. The van der Waals surface area contributed by atoms with Crippen molar-refractivity contribution in [2.45, 2.75) is 13.3 Å². The minimum absolute atomic E-state index is 0.167. The fourth-order valence-corrected chi connectivity index (χ4v) is 2.70. The van der Waals surface area contributed by atoms with E-state index in [4.69, 9.17) is 4.42 Å². The molecule has 1 amide bonds. The molecule has 2 heterocycles. The van der Waals surface area contributed by atoms with Gasteiger partial charge in [0.2, 0.25) is 5.91 Å². The zero-order valence-electron chi connectivity index (χ0n) is 12.8. The monoisotopic (exact) mass is 343 g/mol. The third-order valence-electron chi connectivity index (χ3n) is 3.16. The van der Waals surface area contributed by atoms with Gasteiger partial charge in [-0.1, -0.05) is 12.1 Å². The van der Waals surface area contributed by atoms with Gasteiger partial charge in [-0.3, -0.25) is 4.79 Å². The van der Waals surface area contributed by atoms with Crippen LogP contribution >= 0.6 is 11.3 Å². The van der Waals surface area contributed by atoms with E-state index < -0.39 is 0 Å². The molecule has 0 fully saturated rings. The summed E-state index contributed by atoms with van der Waals surface area (Å²) in [5.41, 5.74) is 3.50. The van der Waals surface area contributed by atoms with Crippen LogP contribution in [0.15, 0.2) is 51.3 Å². The number of hydrogen-bond acceptors (Lipinski definition) is 5. The number of hydrazone groups is 1. The molecule has 5 nitrogen and oxygen atoms in total. The first-order chi connectivity index (χ1) is 11.6. The van der Waals surface area contributed by atoms with Crippen LogP contribution in [-0.2, 0) is 11.2 Å². The van der Waals surface area contributed by atoms with Crippen LogP contribution in [0.5, 0.6) is 0 Å². The van der Waals surface area contributed by atoms with E-state index in [-0.39, 0.29) is 18.1 Å². The third kappa shape index (κ3) is 3.94. The predicted octanol–water partition coefficient (Wildman–Crippen LogP) is 3.54. The highest BCUT2D eigenvalue weighted by atomic mass is 32.1. The number of benzene rings is 1. The fraction of sp³-hybridized carbons (Fsp3) is 0.118. The number of aryl methyl sites for hydroxylation is 1. The summed E-state index contributed by atoms with van der Waals surface area (Å²) in [4.78, 5) is 16.0. The highest BCUT2D eigenvalue weighted by Crippen LogP contribution is 2.24. The van der Waals surface area contributed by atoms with E-state index >= 15 is 0 Å². The van der Waals surface area contributed by atoms with Gasteiger partial charge < -0.3 is 4.42 Å². The van der Waals surface area contributed by atoms with Gasteiger partial charge in [-0.05, 0) is 31.2 Å². The molecule has 0 spiro atoms. The predicted molar refractivity (Wildman–Crippen MR) is 90.4 cm³/mol. The molecule has 122 valence electrons. The highest BCUT2D eigenvalue weighted by molar-refractivity contribution is 7.09. The Hall–Kier alpha value is -2.80. The molecule has 0 aliphatic carbocycles. The van der Waals surface area contributed by atoms with Crippen molar-refractivity contribution in [2.24, 2.45) is 5.10 Å². The lowest BCUT2D eigenvalue weighted by molar-refractivity contribution is -0.120. The maximum Gasteiger partial charge on any atom is 0.246 e. The van der Waals surface area contributed by atoms with E-state index in [9.17, 15) is 9.18 Å². The van der Waals surface area contributed by atoms with Crippen LogP contribution in [0.25, 0.3) is 11.3 Å². The number of aromatic nitrogens is 1. The molecule has 1 aromatic carbocycles. The molecule has 0 atom stereocenters. The SMILES string of the molecule is Cc1nc(CC(=O)N/N=C\c2ccc(-c3ccccc3F)o2)cs1. The number of nitrogens with one attached hydrogen (secondary N) is 1. The molecule has 0 radical (unpaired) electrons. The number of thiazole rings is 1. The second-order valence-electron chi connectivity index (χ2n) is 5.01. The van der Waals surface area contributed by atoms with E-state index in [0.717, 1.165) is 5.01 Å². The van der Waals surface area contributed by atoms with Gasteiger partial charge in [0, 0.05) is 5.38 Å². The Morgan fingerprint density at radius 2 is 2.21 bits per heavy atom. The largest absolute Gasteiger partial charge is 0.455 e. The van der Waals surface area contributed by atoms with Gasteiger partial charge in [0.25, 0.3) is 0 Å². The van der Waals surface area contributed by atoms with E-state index in [1.807, 2.05) is 12.3 Å². The van der Waals surface area contributed by atoms with Crippen LogP contribution in [-0.4, -0.2) is 17.1 Å². The van der Waals surface area contributed by atoms with E-state index in [0.29, 0.717) is 22.8 Å². The van der Waals surface area contributed by atoms with Crippen molar-refractivity contribution < 1.29 is 13.6 Å². The number of carbonyl (C=O) groups excluding carboxylic acids is 1. The average Bonchev–Trinajstić information content (AvgIpc) is 3.17. The molecule has 2 aromatic heterocycles. The zero-order chi connectivity index (χ0) is 16.9. The van der Waals surface area contributed by atoms with Crippen LogP contribution in [0.1, 0.15) is 16.5 Å². The van der Waals surface area contributed by atoms with Gasteiger partial charge in [-0.15, -0.1) is 11.3 Å². The maximum absolute atomic E-state index is 13.7. The van der Waals surface area contributed by atoms with Gasteiger partial charge >= 0.3 is 0 Å². The Morgan fingerprint density at radius 3 is 2.96 bits per heavy atom. The molecule has 0 unspecified atom stereocenters. The summed E-state index contributed by atoms with van der Waals surface area (Å²) in [7, 11) is 0. The summed E-state index contributed by atoms with van der Waals surface area (Å²) in [6, 6.07) is 9.65. The third-order valence-corrected chi connectivity index (χ3v) is 3.98. The van der Waals surface area contributed by atoms with Gasteiger partial charge in [-0.2, -0.15) is 5.10 Å². The molecule has 7 heteroatoms. The summed E-state index contributed by atoms with van der Waals surface area (Å²) in [6.07, 6.45) is 1.54. The van der Waals surface area contributed by atoms with Crippen molar-refractivity contribution >= 4 is 23.5 Å². The van der Waals surface area contributed by atoms with Crippen molar-refractivity contribution in [3.8, 4) is 11.3 Å². The van der Waals surface area contributed by atoms with Crippen molar-refractivity contribution in [1.29, 1.82) is 0 Å². The summed E-state index contributed by atoms with van der Waals surface area (Å²) in [5, 5.41) is 6.59. The zero-order valence-corrected chi connectivity index (χ0v) is 13.6. The topological polar surface area (TPSA) is 67.5 Å². The fourth-order valence-electron chi connectivity index (χ4n) is 2.09. The lowest BCUT2D eigenvalue weighted by Gasteiger charge is -1.98. The number of halogens is 1. The summed E-state index contributed by atoms with van der Waals surface area (Å²) in [5.74, 6) is 0.191. The normalized spacial score (nSPS) is 11.1. The van der Waals surface area contributed by atoms with Gasteiger partial charge in [-0.25, -0.2) is 14.8 Å². The molecule has 0 aliphatic rings. The molecular formula is C17H14FN3O2S. The Labute approximate surface area is 141 Å². The minimum Gasteiger partial charge on any atom is -0.455 e. The first-order valence-corrected chi connectivity index (χ1v) is 8.07. The van der Waals surface area contributed by atoms with E-state index in [2.05, 4.69) is 15.5 Å². The molecule has 0 saturated heterocycles. The lowest BCUT2D eigenvalue weighted by atomic mass is 10.1. The number of nitrogens with zero attached hydrogens (tertiary/aromatic N) is 2. The highest BCUT2D eigenvalue weighted by Gasteiger charge is 2.08. The molecular weight excluding hydrogens is 329 g/mol. The van der Waals surface area contributed by atoms with Gasteiger partial charge in [0.05, 0.1) is 28.9 Å². The van der Waals surface area contributed by atoms with Crippen molar-refractivity contribution in [3.05, 3.63) is 64.1 Å². The number of carbonyl (C=O) groups is 1. The van der Waals surface area contributed by atoms with Crippen LogP contribution in [0, 0.1) is 12.7 Å². The van der Waals surface area contributed by atoms with Crippen LogP contribution < -0.4 is 5.43 Å². The first kappa shape index (κ1) is 16.1. The molecule has 0 aliphatic heterocycles. The second-order valence-corrected chi connectivity index (χ2v) is 6.07. The van der Waals surface area contributed by atoms with Crippen LogP contribution in [0.2, 0.25) is 0 Å². The maximum atomic E-state index is 13.7. The molecule has 0 bridgehead atoms.